The van der Waals surface area contributed by atoms with Crippen molar-refractivity contribution in [2.75, 3.05) is 19.0 Å². The second kappa shape index (κ2) is 8.97. The van der Waals surface area contributed by atoms with Gasteiger partial charge in [0, 0.05) is 5.69 Å². The van der Waals surface area contributed by atoms with Gasteiger partial charge in [0.15, 0.2) is 12.7 Å². The van der Waals surface area contributed by atoms with Crippen LogP contribution in [0.25, 0.3) is 0 Å². The number of halogens is 1. The predicted octanol–water partition coefficient (Wildman–Crippen LogP) is 3.79. The summed E-state index contributed by atoms with van der Waals surface area (Å²) in [7, 11) is 1.51. The zero-order valence-corrected chi connectivity index (χ0v) is 16.5. The lowest BCUT2D eigenvalue weighted by Gasteiger charge is -2.14. The number of carbonyl (C=O) groups is 2. The Labute approximate surface area is 168 Å². The third-order valence-electron chi connectivity index (χ3n) is 4.52. The Kier molecular flexibility index (Phi) is 6.41. The van der Waals surface area contributed by atoms with Crippen LogP contribution in [0.2, 0.25) is 5.02 Å². The molecule has 0 saturated heterocycles. The van der Waals surface area contributed by atoms with E-state index >= 15 is 0 Å². The first kappa shape index (κ1) is 20.0. The van der Waals surface area contributed by atoms with Gasteiger partial charge >= 0.3 is 5.97 Å². The molecule has 2 aromatic carbocycles. The normalized spacial score (nSPS) is 13.4. The van der Waals surface area contributed by atoms with Crippen molar-refractivity contribution in [3.8, 4) is 11.5 Å². The maximum atomic E-state index is 12.2. The molecule has 1 N–H and O–H groups in total. The highest BCUT2D eigenvalue weighted by Gasteiger charge is 2.19. The molecule has 0 saturated carbocycles. The average Bonchev–Trinajstić information content (AvgIpc) is 3.14. The van der Waals surface area contributed by atoms with Crippen molar-refractivity contribution >= 4 is 29.2 Å². The van der Waals surface area contributed by atoms with Gasteiger partial charge in [-0.05, 0) is 67.6 Å². The summed E-state index contributed by atoms with van der Waals surface area (Å²) in [6, 6.07) is 10.7. The van der Waals surface area contributed by atoms with Crippen LogP contribution in [0.15, 0.2) is 36.4 Å². The number of hydrogen-bond donors (Lipinski definition) is 1. The van der Waals surface area contributed by atoms with Crippen LogP contribution in [-0.2, 0) is 27.2 Å². The molecule has 0 unspecified atom stereocenters. The van der Waals surface area contributed by atoms with Crippen LogP contribution in [-0.4, -0.2) is 31.7 Å². The summed E-state index contributed by atoms with van der Waals surface area (Å²) in [6.45, 7) is 1.23. The minimum atomic E-state index is -0.975. The van der Waals surface area contributed by atoms with Crippen LogP contribution >= 0.6 is 11.6 Å². The number of rotatable bonds is 7. The fourth-order valence-corrected chi connectivity index (χ4v) is 3.31. The lowest BCUT2D eigenvalue weighted by molar-refractivity contribution is -0.155. The Balaban J connectivity index is 1.48. The van der Waals surface area contributed by atoms with Crippen LogP contribution in [0, 0.1) is 0 Å². The highest BCUT2D eigenvalue weighted by Crippen LogP contribution is 2.27. The predicted molar refractivity (Wildman–Crippen MR) is 106 cm³/mol. The van der Waals surface area contributed by atoms with E-state index in [1.165, 1.54) is 25.2 Å². The van der Waals surface area contributed by atoms with Crippen molar-refractivity contribution in [3.05, 3.63) is 52.5 Å². The lowest BCUT2D eigenvalue weighted by atomic mass is 10.1. The van der Waals surface area contributed by atoms with Crippen molar-refractivity contribution in [1.82, 2.24) is 0 Å². The number of methoxy groups -OCH3 is 1. The Morgan fingerprint density at radius 1 is 1.14 bits per heavy atom. The molecule has 148 valence electrons. The van der Waals surface area contributed by atoms with Crippen LogP contribution in [0.3, 0.4) is 0 Å². The fourth-order valence-electron chi connectivity index (χ4n) is 3.05. The maximum absolute atomic E-state index is 12.2. The Morgan fingerprint density at radius 2 is 1.93 bits per heavy atom. The molecule has 0 heterocycles. The summed E-state index contributed by atoms with van der Waals surface area (Å²) in [4.78, 5) is 24.2. The third-order valence-corrected chi connectivity index (χ3v) is 4.82. The summed E-state index contributed by atoms with van der Waals surface area (Å²) in [5.74, 6) is 0.0495. The van der Waals surface area contributed by atoms with Gasteiger partial charge in [0.25, 0.3) is 5.91 Å². The van der Waals surface area contributed by atoms with Crippen LogP contribution in [0.4, 0.5) is 5.69 Å². The van der Waals surface area contributed by atoms with Gasteiger partial charge in [-0.25, -0.2) is 4.79 Å². The van der Waals surface area contributed by atoms with Crippen molar-refractivity contribution in [1.29, 1.82) is 0 Å². The van der Waals surface area contributed by atoms with Crippen LogP contribution in [0.1, 0.15) is 24.5 Å². The number of benzene rings is 2. The molecular weight excluding hydrogens is 382 g/mol. The van der Waals surface area contributed by atoms with Crippen LogP contribution in [0.5, 0.6) is 11.5 Å². The summed E-state index contributed by atoms with van der Waals surface area (Å²) >= 11 is 6.03. The van der Waals surface area contributed by atoms with E-state index < -0.39 is 18.0 Å². The van der Waals surface area contributed by atoms with E-state index in [0.717, 1.165) is 19.3 Å². The monoisotopic (exact) mass is 403 g/mol. The fraction of sp³-hybridized carbons (Fsp3) is 0.333. The molecule has 1 amide bonds. The summed E-state index contributed by atoms with van der Waals surface area (Å²) in [6.07, 6.45) is 2.29. The number of anilines is 1. The summed E-state index contributed by atoms with van der Waals surface area (Å²) in [5.41, 5.74) is 3.07. The molecule has 0 fully saturated rings. The van der Waals surface area contributed by atoms with Gasteiger partial charge in [-0.15, -0.1) is 0 Å². The van der Waals surface area contributed by atoms with Gasteiger partial charge < -0.3 is 19.5 Å². The maximum Gasteiger partial charge on any atom is 0.344 e. The van der Waals surface area contributed by atoms with Gasteiger partial charge in [-0.1, -0.05) is 17.7 Å². The smallest absolute Gasteiger partial charge is 0.344 e. The molecule has 0 aliphatic heterocycles. The van der Waals surface area contributed by atoms with E-state index in [0.29, 0.717) is 22.2 Å². The standard InChI is InChI=1S/C21H22ClNO5/c1-13(21(25)23-16-7-9-19(26-2)18(22)11-16)28-20(24)12-27-17-8-6-14-4-3-5-15(14)10-17/h6-11,13H,3-5,12H2,1-2H3,(H,23,25)/t13-/m1/s1. The molecular formula is C21H22ClNO5. The van der Waals surface area contributed by atoms with Gasteiger partial charge in [-0.3, -0.25) is 4.79 Å². The van der Waals surface area contributed by atoms with E-state index in [1.807, 2.05) is 18.2 Å². The molecule has 0 bridgehead atoms. The average molecular weight is 404 g/mol. The first-order valence-corrected chi connectivity index (χ1v) is 9.42. The Morgan fingerprint density at radius 3 is 2.68 bits per heavy atom. The molecule has 1 atom stereocenters. The number of carbonyl (C=O) groups excluding carboxylic acids is 2. The Bertz CT molecular complexity index is 883. The van der Waals surface area contributed by atoms with Gasteiger partial charge in [0.2, 0.25) is 0 Å². The second-order valence-corrected chi connectivity index (χ2v) is 6.95. The molecule has 0 aromatic heterocycles. The second-order valence-electron chi connectivity index (χ2n) is 6.54. The molecule has 3 rings (SSSR count). The van der Waals surface area contributed by atoms with E-state index in [2.05, 4.69) is 5.32 Å². The number of fused-ring (bicyclic) bond motifs is 1. The molecule has 1 aliphatic carbocycles. The minimum absolute atomic E-state index is 0.259. The third kappa shape index (κ3) is 4.95. The zero-order chi connectivity index (χ0) is 20.1. The first-order valence-electron chi connectivity index (χ1n) is 9.04. The molecule has 1 aliphatic rings. The SMILES string of the molecule is COc1ccc(NC(=O)[C@@H](C)OC(=O)COc2ccc3c(c2)CCC3)cc1Cl. The number of aryl methyl sites for hydroxylation is 2. The van der Waals surface area contributed by atoms with E-state index in [9.17, 15) is 9.59 Å². The van der Waals surface area contributed by atoms with Gasteiger partial charge in [0.1, 0.15) is 11.5 Å². The van der Waals surface area contributed by atoms with Crippen molar-refractivity contribution in [3.63, 3.8) is 0 Å². The Hall–Kier alpha value is -2.73. The number of nitrogens with one attached hydrogen (secondary N) is 1. The molecule has 7 heteroatoms. The molecule has 2 aromatic rings. The van der Waals surface area contributed by atoms with Crippen LogP contribution < -0.4 is 14.8 Å². The highest BCUT2D eigenvalue weighted by molar-refractivity contribution is 6.32. The molecule has 6 nitrogen and oxygen atoms in total. The highest BCUT2D eigenvalue weighted by atomic mass is 35.5. The zero-order valence-electron chi connectivity index (χ0n) is 15.8. The summed E-state index contributed by atoms with van der Waals surface area (Å²) < 4.78 is 15.7. The van der Waals surface area contributed by atoms with Gasteiger partial charge in [-0.2, -0.15) is 0 Å². The number of esters is 1. The van der Waals surface area contributed by atoms with E-state index in [4.69, 9.17) is 25.8 Å². The molecule has 0 radical (unpaired) electrons. The quantitative estimate of drug-likeness (QED) is 0.712. The first-order chi connectivity index (χ1) is 13.5. The largest absolute Gasteiger partial charge is 0.495 e. The van der Waals surface area contributed by atoms with Crippen molar-refractivity contribution < 1.29 is 23.8 Å². The number of hydrogen-bond acceptors (Lipinski definition) is 5. The van der Waals surface area contributed by atoms with E-state index in [-0.39, 0.29) is 6.61 Å². The number of amides is 1. The summed E-state index contributed by atoms with van der Waals surface area (Å²) in [5, 5.41) is 3.01. The minimum Gasteiger partial charge on any atom is -0.495 e. The van der Waals surface area contributed by atoms with Crippen molar-refractivity contribution in [2.45, 2.75) is 32.3 Å². The molecule has 28 heavy (non-hydrogen) atoms. The van der Waals surface area contributed by atoms with Crippen molar-refractivity contribution in [2.24, 2.45) is 0 Å². The topological polar surface area (TPSA) is 73.9 Å². The lowest BCUT2D eigenvalue weighted by Crippen LogP contribution is -2.31. The number of ether oxygens (including phenoxy) is 3. The van der Waals surface area contributed by atoms with Gasteiger partial charge in [0.05, 0.1) is 12.1 Å². The molecule has 0 spiro atoms. The van der Waals surface area contributed by atoms with E-state index in [1.54, 1.807) is 18.2 Å².